The van der Waals surface area contributed by atoms with Crippen LogP contribution in [0.5, 0.6) is 0 Å². The molecule has 2 nitrogen and oxygen atoms in total. The fourth-order valence-corrected chi connectivity index (χ4v) is 1.38. The quantitative estimate of drug-likeness (QED) is 0.619. The van der Waals surface area contributed by atoms with Crippen LogP contribution in [0.2, 0.25) is 0 Å². The number of aliphatic imine (C=N–C) groups is 1. The Bertz CT molecular complexity index is 151. The van der Waals surface area contributed by atoms with Crippen molar-refractivity contribution in [2.75, 3.05) is 6.61 Å². The molecule has 0 aromatic heterocycles. The molecule has 11 heavy (non-hydrogen) atoms. The molecular formula is C7H12NOReS-. The molecule has 1 heterocycles. The van der Waals surface area contributed by atoms with Gasteiger partial charge in [-0.1, -0.05) is 6.92 Å². The number of ether oxygens (including phenoxy) is 1. The molecule has 4 heteroatoms. The Balaban J connectivity index is 0.000001000. The molecule has 0 spiro atoms. The van der Waals surface area contributed by atoms with Crippen molar-refractivity contribution in [3.05, 3.63) is 0 Å². The van der Waals surface area contributed by atoms with E-state index < -0.39 is 0 Å². The molecule has 1 rings (SSSR count). The van der Waals surface area contributed by atoms with Crippen LogP contribution >= 0.6 is 0 Å². The maximum atomic E-state index is 5.15. The van der Waals surface area contributed by atoms with E-state index >= 15 is 0 Å². The molecule has 0 fully saturated rings. The predicted octanol–water partition coefficient (Wildman–Crippen LogP) is 1.33. The molecule has 0 aliphatic carbocycles. The molecule has 0 saturated heterocycles. The standard InChI is InChI=1S/C7H13NOS.Re/c1-5-3-6(2)8-7(10)9-4-5;/h5-6H,3-4H2,1-2H3,(H,8,10);/p-1. The van der Waals surface area contributed by atoms with Gasteiger partial charge in [0, 0.05) is 26.5 Å². The van der Waals surface area contributed by atoms with Crippen LogP contribution in [0.15, 0.2) is 4.99 Å². The Labute approximate surface area is 86.9 Å². The number of rotatable bonds is 0. The van der Waals surface area contributed by atoms with E-state index in [1.54, 1.807) is 0 Å². The summed E-state index contributed by atoms with van der Waals surface area (Å²) in [6.45, 7) is 4.95. The van der Waals surface area contributed by atoms with E-state index in [9.17, 15) is 0 Å². The van der Waals surface area contributed by atoms with E-state index in [2.05, 4.69) is 18.8 Å². The topological polar surface area (TPSA) is 21.6 Å². The molecule has 0 aromatic rings. The summed E-state index contributed by atoms with van der Waals surface area (Å²) in [6, 6.07) is 0.338. The normalized spacial score (nSPS) is 30.9. The summed E-state index contributed by atoms with van der Waals surface area (Å²) in [5.41, 5.74) is 0. The Morgan fingerprint density at radius 3 is 2.82 bits per heavy atom. The summed E-state index contributed by atoms with van der Waals surface area (Å²) < 4.78 is 5.15. The minimum atomic E-state index is 0. The van der Waals surface area contributed by atoms with Gasteiger partial charge < -0.3 is 17.4 Å². The van der Waals surface area contributed by atoms with Gasteiger partial charge in [0.1, 0.15) is 0 Å². The summed E-state index contributed by atoms with van der Waals surface area (Å²) in [5, 5.41) is 0.428. The Morgan fingerprint density at radius 2 is 2.18 bits per heavy atom. The van der Waals surface area contributed by atoms with Gasteiger partial charge in [0.2, 0.25) is 0 Å². The first-order chi connectivity index (χ1) is 4.68. The van der Waals surface area contributed by atoms with Gasteiger partial charge in [-0.15, -0.1) is 0 Å². The second kappa shape index (κ2) is 5.08. The van der Waals surface area contributed by atoms with Gasteiger partial charge in [0.25, 0.3) is 0 Å². The molecule has 2 unspecified atom stereocenters. The van der Waals surface area contributed by atoms with E-state index in [-0.39, 0.29) is 20.4 Å². The minimum Gasteiger partial charge on any atom is -0.722 e. The Hall–Kier alpha value is 0.352. The van der Waals surface area contributed by atoms with Gasteiger partial charge in [-0.25, -0.2) is 0 Å². The zero-order chi connectivity index (χ0) is 7.56. The molecule has 0 aromatic carbocycles. The fraction of sp³-hybridized carbons (Fsp3) is 0.857. The van der Waals surface area contributed by atoms with Gasteiger partial charge in [0.05, 0.1) is 11.8 Å². The van der Waals surface area contributed by atoms with Crippen molar-refractivity contribution in [2.45, 2.75) is 26.3 Å². The summed E-state index contributed by atoms with van der Waals surface area (Å²) in [6.07, 6.45) is 1.08. The van der Waals surface area contributed by atoms with Crippen LogP contribution in [0, 0.1) is 5.92 Å². The third-order valence-electron chi connectivity index (χ3n) is 1.56. The molecular weight excluding hydrogens is 332 g/mol. The monoisotopic (exact) mass is 345 g/mol. The summed E-state index contributed by atoms with van der Waals surface area (Å²) in [5.74, 6) is 0.583. The molecule has 2 atom stereocenters. The van der Waals surface area contributed by atoms with E-state index in [1.807, 2.05) is 0 Å². The maximum absolute atomic E-state index is 5.15. The number of hydrogen-bond acceptors (Lipinski definition) is 3. The molecule has 0 bridgehead atoms. The first kappa shape index (κ1) is 11.4. The van der Waals surface area contributed by atoms with Crippen LogP contribution < -0.4 is 0 Å². The number of nitrogens with zero attached hydrogens (tertiary/aromatic N) is 1. The smallest absolute Gasteiger partial charge is 0.0899 e. The van der Waals surface area contributed by atoms with E-state index in [4.69, 9.17) is 17.4 Å². The Kier molecular flexibility index (Phi) is 5.24. The largest absolute Gasteiger partial charge is 0.722 e. The van der Waals surface area contributed by atoms with Crippen molar-refractivity contribution in [2.24, 2.45) is 10.9 Å². The maximum Gasteiger partial charge on any atom is 0.0899 e. The van der Waals surface area contributed by atoms with Crippen LogP contribution in [-0.2, 0) is 37.8 Å². The summed E-state index contributed by atoms with van der Waals surface area (Å²) >= 11 is 4.83. The first-order valence-corrected chi connectivity index (χ1v) is 3.97. The van der Waals surface area contributed by atoms with Crippen molar-refractivity contribution in [3.63, 3.8) is 0 Å². The minimum absolute atomic E-state index is 0. The van der Waals surface area contributed by atoms with Crippen molar-refractivity contribution < 1.29 is 25.2 Å². The SMILES string of the molecule is CC1COC([S-])=NC(C)C1.[Re]. The van der Waals surface area contributed by atoms with Gasteiger partial charge in [-0.2, -0.15) is 0 Å². The third kappa shape index (κ3) is 4.05. The zero-order valence-electron chi connectivity index (χ0n) is 6.71. The van der Waals surface area contributed by atoms with Gasteiger partial charge >= 0.3 is 0 Å². The average molecular weight is 344 g/mol. The van der Waals surface area contributed by atoms with Crippen LogP contribution in [0.1, 0.15) is 20.3 Å². The summed E-state index contributed by atoms with van der Waals surface area (Å²) in [4.78, 5) is 4.14. The second-order valence-corrected chi connectivity index (χ2v) is 3.25. The van der Waals surface area contributed by atoms with Gasteiger partial charge in [0.15, 0.2) is 0 Å². The zero-order valence-corrected chi connectivity index (χ0v) is 10.2. The van der Waals surface area contributed by atoms with Crippen molar-refractivity contribution in [3.8, 4) is 0 Å². The molecule has 0 amide bonds. The fourth-order valence-electron chi connectivity index (χ4n) is 1.13. The van der Waals surface area contributed by atoms with Crippen LogP contribution in [-0.4, -0.2) is 17.9 Å². The van der Waals surface area contributed by atoms with E-state index in [0.29, 0.717) is 17.2 Å². The van der Waals surface area contributed by atoms with Crippen LogP contribution in [0.25, 0.3) is 0 Å². The first-order valence-electron chi connectivity index (χ1n) is 3.56. The van der Waals surface area contributed by atoms with Crippen LogP contribution in [0.4, 0.5) is 0 Å². The molecule has 65 valence electrons. The van der Waals surface area contributed by atoms with Crippen molar-refractivity contribution >= 4 is 17.9 Å². The molecule has 0 saturated carbocycles. The molecule has 1 radical (unpaired) electrons. The van der Waals surface area contributed by atoms with Crippen molar-refractivity contribution in [1.82, 2.24) is 0 Å². The Morgan fingerprint density at radius 1 is 1.55 bits per heavy atom. The van der Waals surface area contributed by atoms with Crippen LogP contribution in [0.3, 0.4) is 0 Å². The van der Waals surface area contributed by atoms with E-state index in [1.165, 1.54) is 0 Å². The summed E-state index contributed by atoms with van der Waals surface area (Å²) in [7, 11) is 0. The number of hydrogen-bond donors (Lipinski definition) is 0. The van der Waals surface area contributed by atoms with Crippen molar-refractivity contribution in [1.29, 1.82) is 0 Å². The molecule has 1 aliphatic heterocycles. The molecule has 0 N–H and O–H groups in total. The van der Waals surface area contributed by atoms with E-state index in [0.717, 1.165) is 13.0 Å². The molecule has 1 aliphatic rings. The third-order valence-corrected chi connectivity index (χ3v) is 1.78. The van der Waals surface area contributed by atoms with Gasteiger partial charge in [-0.05, 0) is 19.3 Å². The van der Waals surface area contributed by atoms with Gasteiger partial charge in [-0.3, -0.25) is 4.99 Å². The average Bonchev–Trinajstić information content (AvgIpc) is 1.93. The predicted molar refractivity (Wildman–Crippen MR) is 44.0 cm³/mol. The second-order valence-electron chi connectivity index (χ2n) is 2.90.